The lowest BCUT2D eigenvalue weighted by Crippen LogP contribution is -2.25. The fraction of sp³-hybridized carbons (Fsp3) is 1.00. The summed E-state index contributed by atoms with van der Waals surface area (Å²) in [7, 11) is 0. The molecule has 0 fully saturated rings. The smallest absolute Gasteiger partial charge is 0.0581 e. The predicted octanol–water partition coefficient (Wildman–Crippen LogP) is 7.77. The molecule has 0 spiro atoms. The monoisotopic (exact) mass is 326 g/mol. The molecule has 0 rings (SSSR count). The molecular weight excluding hydrogens is 280 g/mol. The molecule has 0 radical (unpaired) electrons. The van der Waals surface area contributed by atoms with Gasteiger partial charge in [0.15, 0.2) is 0 Å². The largest absolute Gasteiger partial charge is 0.375 e. The van der Waals surface area contributed by atoms with Gasteiger partial charge in [0.2, 0.25) is 0 Å². The highest BCUT2D eigenvalue weighted by Gasteiger charge is 2.18. The molecule has 23 heavy (non-hydrogen) atoms. The molecule has 0 aromatic carbocycles. The maximum Gasteiger partial charge on any atom is 0.0581 e. The summed E-state index contributed by atoms with van der Waals surface area (Å²) in [6.07, 6.45) is 16.8. The quantitative estimate of drug-likeness (QED) is 0.263. The minimum atomic E-state index is 0.488. The normalized spacial score (nSPS) is 14.6. The van der Waals surface area contributed by atoms with Gasteiger partial charge >= 0.3 is 0 Å². The van der Waals surface area contributed by atoms with Crippen LogP contribution in [-0.2, 0) is 4.74 Å². The minimum Gasteiger partial charge on any atom is -0.375 e. The lowest BCUT2D eigenvalue weighted by molar-refractivity contribution is -0.0406. The van der Waals surface area contributed by atoms with E-state index in [2.05, 4.69) is 41.5 Å². The van der Waals surface area contributed by atoms with E-state index < -0.39 is 0 Å². The van der Waals surface area contributed by atoms with E-state index >= 15 is 0 Å². The van der Waals surface area contributed by atoms with Crippen LogP contribution in [0.3, 0.4) is 0 Å². The Hall–Kier alpha value is -0.0400. The first-order chi connectivity index (χ1) is 11.0. The third-order valence-electron chi connectivity index (χ3n) is 4.61. The van der Waals surface area contributed by atoms with E-state index in [4.69, 9.17) is 4.74 Å². The van der Waals surface area contributed by atoms with Crippen molar-refractivity contribution < 1.29 is 4.74 Å². The van der Waals surface area contributed by atoms with E-state index in [0.717, 1.165) is 11.8 Å². The van der Waals surface area contributed by atoms with Gasteiger partial charge in [-0.15, -0.1) is 0 Å². The Morgan fingerprint density at radius 3 is 1.26 bits per heavy atom. The van der Waals surface area contributed by atoms with Crippen LogP contribution >= 0.6 is 0 Å². The van der Waals surface area contributed by atoms with Crippen molar-refractivity contribution in [2.75, 3.05) is 0 Å². The first-order valence-corrected chi connectivity index (χ1v) is 10.6. The van der Waals surface area contributed by atoms with Crippen molar-refractivity contribution >= 4 is 0 Å². The first-order valence-electron chi connectivity index (χ1n) is 10.6. The van der Waals surface area contributed by atoms with Gasteiger partial charge in [0.1, 0.15) is 0 Å². The molecule has 0 heterocycles. The second-order valence-electron chi connectivity index (χ2n) is 8.34. The third kappa shape index (κ3) is 15.2. The number of rotatable bonds is 16. The minimum absolute atomic E-state index is 0.488. The lowest BCUT2D eigenvalue weighted by atomic mass is 9.97. The molecule has 0 amide bonds. The van der Waals surface area contributed by atoms with Crippen molar-refractivity contribution in [1.82, 2.24) is 0 Å². The molecule has 0 N–H and O–H groups in total. The summed E-state index contributed by atoms with van der Waals surface area (Å²) < 4.78 is 6.63. The maximum atomic E-state index is 6.63. The van der Waals surface area contributed by atoms with Crippen LogP contribution in [-0.4, -0.2) is 12.2 Å². The van der Waals surface area contributed by atoms with Gasteiger partial charge in [0, 0.05) is 0 Å². The molecule has 0 aliphatic heterocycles. The average Bonchev–Trinajstić information content (AvgIpc) is 2.46. The van der Waals surface area contributed by atoms with Crippen molar-refractivity contribution in [1.29, 1.82) is 0 Å². The second-order valence-corrected chi connectivity index (χ2v) is 8.34. The molecule has 0 aliphatic carbocycles. The Balaban J connectivity index is 4.36. The zero-order valence-corrected chi connectivity index (χ0v) is 17.2. The summed E-state index contributed by atoms with van der Waals surface area (Å²) in [4.78, 5) is 0. The van der Waals surface area contributed by atoms with Crippen LogP contribution in [0, 0.1) is 11.8 Å². The van der Waals surface area contributed by atoms with E-state index in [1.54, 1.807) is 0 Å². The van der Waals surface area contributed by atoms with Crippen LogP contribution in [0.2, 0.25) is 0 Å². The van der Waals surface area contributed by atoms with Gasteiger partial charge in [-0.2, -0.15) is 0 Å². The number of hydrogen-bond donors (Lipinski definition) is 0. The first kappa shape index (κ1) is 23.0. The predicted molar refractivity (Wildman–Crippen MR) is 105 cm³/mol. The molecule has 1 heteroatoms. The second kappa shape index (κ2) is 15.5. The zero-order chi connectivity index (χ0) is 17.5. The van der Waals surface area contributed by atoms with Gasteiger partial charge in [0.25, 0.3) is 0 Å². The Kier molecular flexibility index (Phi) is 15.5. The Morgan fingerprint density at radius 2 is 0.957 bits per heavy atom. The van der Waals surface area contributed by atoms with Crippen molar-refractivity contribution in [3.8, 4) is 0 Å². The summed E-state index contributed by atoms with van der Waals surface area (Å²) in [5, 5.41) is 0. The van der Waals surface area contributed by atoms with Crippen molar-refractivity contribution in [2.45, 2.75) is 131 Å². The highest BCUT2D eigenvalue weighted by Crippen LogP contribution is 2.23. The summed E-state index contributed by atoms with van der Waals surface area (Å²) in [5.41, 5.74) is 0. The Labute approximate surface area is 148 Å². The number of unbranched alkanes of at least 4 members (excludes halogenated alkanes) is 6. The highest BCUT2D eigenvalue weighted by atomic mass is 16.5. The summed E-state index contributed by atoms with van der Waals surface area (Å²) in [6, 6.07) is 0. The fourth-order valence-electron chi connectivity index (χ4n) is 3.40. The Morgan fingerprint density at radius 1 is 0.565 bits per heavy atom. The van der Waals surface area contributed by atoms with Crippen molar-refractivity contribution in [3.63, 3.8) is 0 Å². The van der Waals surface area contributed by atoms with E-state index in [0.29, 0.717) is 12.2 Å². The Bertz CT molecular complexity index is 210. The number of hydrogen-bond acceptors (Lipinski definition) is 1. The standard InChI is InChI=1S/C22H46O/c1-7-9-11-13-15-21(17-19(3)4)23-22(18-20(5)6)16-14-12-10-8-2/h19-22H,7-18H2,1-6H3. The molecule has 140 valence electrons. The molecule has 0 saturated carbocycles. The van der Waals surface area contributed by atoms with Gasteiger partial charge < -0.3 is 4.74 Å². The molecule has 0 saturated heterocycles. The van der Waals surface area contributed by atoms with Gasteiger partial charge in [-0.05, 0) is 37.5 Å². The van der Waals surface area contributed by atoms with Gasteiger partial charge in [-0.25, -0.2) is 0 Å². The summed E-state index contributed by atoms with van der Waals surface area (Å²) >= 11 is 0. The summed E-state index contributed by atoms with van der Waals surface area (Å²) in [5.74, 6) is 1.48. The van der Waals surface area contributed by atoms with E-state index in [1.807, 2.05) is 0 Å². The van der Waals surface area contributed by atoms with E-state index in [9.17, 15) is 0 Å². The molecule has 0 aromatic rings. The third-order valence-corrected chi connectivity index (χ3v) is 4.61. The van der Waals surface area contributed by atoms with E-state index in [1.165, 1.54) is 77.0 Å². The van der Waals surface area contributed by atoms with E-state index in [-0.39, 0.29) is 0 Å². The molecule has 0 bridgehead atoms. The van der Waals surface area contributed by atoms with Crippen LogP contribution in [0.1, 0.15) is 119 Å². The average molecular weight is 327 g/mol. The molecule has 0 aromatic heterocycles. The summed E-state index contributed by atoms with van der Waals surface area (Å²) in [6.45, 7) is 13.9. The highest BCUT2D eigenvalue weighted by molar-refractivity contribution is 4.68. The molecule has 0 aliphatic rings. The van der Waals surface area contributed by atoms with Gasteiger partial charge in [-0.3, -0.25) is 0 Å². The molecule has 2 unspecified atom stereocenters. The molecule has 2 atom stereocenters. The SMILES string of the molecule is CCCCCCC(CC(C)C)OC(CCCCCC)CC(C)C. The van der Waals surface area contributed by atoms with Crippen LogP contribution in [0.5, 0.6) is 0 Å². The van der Waals surface area contributed by atoms with Crippen LogP contribution in [0.25, 0.3) is 0 Å². The zero-order valence-electron chi connectivity index (χ0n) is 17.2. The van der Waals surface area contributed by atoms with Crippen molar-refractivity contribution in [2.24, 2.45) is 11.8 Å². The number of ether oxygens (including phenoxy) is 1. The maximum absolute atomic E-state index is 6.63. The van der Waals surface area contributed by atoms with Crippen molar-refractivity contribution in [3.05, 3.63) is 0 Å². The van der Waals surface area contributed by atoms with Gasteiger partial charge in [0.05, 0.1) is 12.2 Å². The van der Waals surface area contributed by atoms with Crippen LogP contribution in [0.15, 0.2) is 0 Å². The van der Waals surface area contributed by atoms with Gasteiger partial charge in [-0.1, -0.05) is 92.9 Å². The lowest BCUT2D eigenvalue weighted by Gasteiger charge is -2.27. The van der Waals surface area contributed by atoms with Crippen LogP contribution in [0.4, 0.5) is 0 Å². The molecule has 1 nitrogen and oxygen atoms in total. The van der Waals surface area contributed by atoms with Crippen LogP contribution < -0.4 is 0 Å². The fourth-order valence-corrected chi connectivity index (χ4v) is 3.40. The topological polar surface area (TPSA) is 9.23 Å². The molecular formula is C22H46O.